The summed E-state index contributed by atoms with van der Waals surface area (Å²) in [6.45, 7) is 6.35. The van der Waals surface area contributed by atoms with E-state index >= 15 is 0 Å². The standard InChI is InChI=1S/C58H94O6/c1-4-7-10-13-16-19-22-25-27-28-29-30-31-34-36-39-42-45-48-51-57(60)63-54-55(53-62-56(59)50-47-44-41-38-35-32-24-21-18-15-12-9-6-3)64-58(61)52-49-46-43-40-37-33-26-23-20-17-14-11-8-5-2/h9,12,14,16-19,21,23,25-27,29-30,32,35,41,44,55H,4-8,10-11,13,15,20,22,24,28,31,33-34,36-40,42-43,45-54H2,1-3H3/b12-9-,17-14-,19-16-,21-18-,26-23-,27-25-,30-29-,35-32-,44-41-. The van der Waals surface area contributed by atoms with Gasteiger partial charge in [-0.1, -0.05) is 201 Å². The lowest BCUT2D eigenvalue weighted by Crippen LogP contribution is -2.30. The summed E-state index contributed by atoms with van der Waals surface area (Å²) < 4.78 is 16.7. The van der Waals surface area contributed by atoms with E-state index in [1.807, 2.05) is 12.2 Å². The van der Waals surface area contributed by atoms with E-state index in [0.717, 1.165) is 116 Å². The van der Waals surface area contributed by atoms with Gasteiger partial charge in [0.1, 0.15) is 13.2 Å². The Labute approximate surface area is 393 Å². The zero-order valence-electron chi connectivity index (χ0n) is 41.3. The third kappa shape index (κ3) is 49.1. The Balaban J connectivity index is 4.50. The van der Waals surface area contributed by atoms with Gasteiger partial charge in [0.15, 0.2) is 6.10 Å². The molecule has 1 atom stereocenters. The molecule has 0 rings (SSSR count). The van der Waals surface area contributed by atoms with Crippen LogP contribution in [0.1, 0.15) is 220 Å². The van der Waals surface area contributed by atoms with Crippen LogP contribution in [0.4, 0.5) is 0 Å². The summed E-state index contributed by atoms with van der Waals surface area (Å²) in [4.78, 5) is 37.9. The Kier molecular flexibility index (Phi) is 48.5. The van der Waals surface area contributed by atoms with Crippen molar-refractivity contribution in [3.05, 3.63) is 109 Å². The lowest BCUT2D eigenvalue weighted by Gasteiger charge is -2.18. The van der Waals surface area contributed by atoms with Crippen molar-refractivity contribution in [3.63, 3.8) is 0 Å². The molecule has 0 saturated heterocycles. The van der Waals surface area contributed by atoms with Crippen LogP contribution in [0.15, 0.2) is 109 Å². The molecule has 0 radical (unpaired) electrons. The van der Waals surface area contributed by atoms with Crippen molar-refractivity contribution in [2.75, 3.05) is 13.2 Å². The van der Waals surface area contributed by atoms with Gasteiger partial charge < -0.3 is 14.2 Å². The van der Waals surface area contributed by atoms with Gasteiger partial charge in [-0.25, -0.2) is 0 Å². The molecule has 0 saturated carbocycles. The zero-order chi connectivity index (χ0) is 46.5. The fourth-order valence-corrected chi connectivity index (χ4v) is 6.59. The first-order valence-corrected chi connectivity index (χ1v) is 25.9. The minimum atomic E-state index is -0.821. The van der Waals surface area contributed by atoms with Crippen molar-refractivity contribution in [2.24, 2.45) is 0 Å². The van der Waals surface area contributed by atoms with Crippen LogP contribution in [-0.2, 0) is 28.6 Å². The largest absolute Gasteiger partial charge is 0.462 e. The number of allylic oxidation sites excluding steroid dienone is 18. The average molecular weight is 887 g/mol. The number of esters is 3. The molecule has 64 heavy (non-hydrogen) atoms. The fourth-order valence-electron chi connectivity index (χ4n) is 6.59. The van der Waals surface area contributed by atoms with Crippen molar-refractivity contribution in [2.45, 2.75) is 226 Å². The molecule has 0 N–H and O–H groups in total. The van der Waals surface area contributed by atoms with Crippen molar-refractivity contribution in [1.29, 1.82) is 0 Å². The van der Waals surface area contributed by atoms with E-state index in [-0.39, 0.29) is 37.5 Å². The molecule has 1 unspecified atom stereocenters. The fraction of sp³-hybridized carbons (Fsp3) is 0.638. The Morgan fingerprint density at radius 2 is 0.656 bits per heavy atom. The number of carbonyl (C=O) groups excluding carboxylic acids is 3. The molecule has 0 aliphatic rings. The minimum absolute atomic E-state index is 0.115. The Morgan fingerprint density at radius 3 is 1.09 bits per heavy atom. The van der Waals surface area contributed by atoms with Gasteiger partial charge in [-0.15, -0.1) is 0 Å². The third-order valence-electron chi connectivity index (χ3n) is 10.5. The second-order valence-corrected chi connectivity index (χ2v) is 16.7. The molecule has 6 nitrogen and oxygen atoms in total. The lowest BCUT2D eigenvalue weighted by molar-refractivity contribution is -0.166. The van der Waals surface area contributed by atoms with E-state index < -0.39 is 6.10 Å². The molecule has 0 bridgehead atoms. The summed E-state index contributed by atoms with van der Waals surface area (Å²) in [5, 5.41) is 0. The molecule has 0 aromatic rings. The van der Waals surface area contributed by atoms with Crippen LogP contribution in [0, 0.1) is 0 Å². The number of hydrogen-bond donors (Lipinski definition) is 0. The van der Waals surface area contributed by atoms with Gasteiger partial charge in [0.2, 0.25) is 0 Å². The van der Waals surface area contributed by atoms with Crippen molar-refractivity contribution in [1.82, 2.24) is 0 Å². The molecular formula is C58H94O6. The monoisotopic (exact) mass is 887 g/mol. The van der Waals surface area contributed by atoms with E-state index in [0.29, 0.717) is 19.3 Å². The van der Waals surface area contributed by atoms with Gasteiger partial charge in [0.25, 0.3) is 0 Å². The van der Waals surface area contributed by atoms with E-state index in [2.05, 4.69) is 118 Å². The molecular weight excluding hydrogens is 793 g/mol. The smallest absolute Gasteiger partial charge is 0.306 e. The van der Waals surface area contributed by atoms with Crippen LogP contribution in [0.5, 0.6) is 0 Å². The maximum atomic E-state index is 12.8. The van der Waals surface area contributed by atoms with Gasteiger partial charge in [-0.05, 0) is 109 Å². The molecule has 0 aromatic heterocycles. The first-order chi connectivity index (χ1) is 31.5. The van der Waals surface area contributed by atoms with E-state index in [1.54, 1.807) is 0 Å². The predicted molar refractivity (Wildman–Crippen MR) is 274 cm³/mol. The SMILES string of the molecule is CC/C=C\C/C=C\C/C=C\C/C=C\CCC(=O)OCC(COC(=O)CCCCCCCC/C=C\C/C=C\C/C=C\CCCCC)OC(=O)CCCCCCC/C=C\C/C=C\CCCC. The highest BCUT2D eigenvalue weighted by atomic mass is 16.6. The summed E-state index contributed by atoms with van der Waals surface area (Å²) in [7, 11) is 0. The van der Waals surface area contributed by atoms with Gasteiger partial charge in [-0.3, -0.25) is 14.4 Å². The second kappa shape index (κ2) is 51.7. The molecule has 0 fully saturated rings. The summed E-state index contributed by atoms with van der Waals surface area (Å²) in [6.07, 6.45) is 69.4. The van der Waals surface area contributed by atoms with Gasteiger partial charge in [0.05, 0.1) is 0 Å². The van der Waals surface area contributed by atoms with E-state index in [9.17, 15) is 14.4 Å². The van der Waals surface area contributed by atoms with Crippen LogP contribution in [0.25, 0.3) is 0 Å². The normalized spacial score (nSPS) is 13.0. The maximum absolute atomic E-state index is 12.8. The molecule has 0 aromatic carbocycles. The minimum Gasteiger partial charge on any atom is -0.462 e. The molecule has 6 heteroatoms. The Morgan fingerprint density at radius 1 is 0.328 bits per heavy atom. The molecule has 0 spiro atoms. The highest BCUT2D eigenvalue weighted by Crippen LogP contribution is 2.13. The lowest BCUT2D eigenvalue weighted by atomic mass is 10.1. The van der Waals surface area contributed by atoms with Crippen LogP contribution in [0.3, 0.4) is 0 Å². The van der Waals surface area contributed by atoms with Crippen molar-refractivity contribution >= 4 is 17.9 Å². The summed E-state index contributed by atoms with van der Waals surface area (Å²) >= 11 is 0. The average Bonchev–Trinajstić information content (AvgIpc) is 3.29. The summed E-state index contributed by atoms with van der Waals surface area (Å²) in [6, 6.07) is 0. The van der Waals surface area contributed by atoms with E-state index in [4.69, 9.17) is 14.2 Å². The number of hydrogen-bond acceptors (Lipinski definition) is 6. The second-order valence-electron chi connectivity index (χ2n) is 16.7. The zero-order valence-corrected chi connectivity index (χ0v) is 41.3. The van der Waals surface area contributed by atoms with Crippen LogP contribution >= 0.6 is 0 Å². The number of unbranched alkanes of at least 4 members (excludes halogenated alkanes) is 16. The number of carbonyl (C=O) groups is 3. The highest BCUT2D eigenvalue weighted by Gasteiger charge is 2.19. The molecule has 0 aliphatic heterocycles. The van der Waals surface area contributed by atoms with Crippen LogP contribution in [0.2, 0.25) is 0 Å². The molecule has 0 heterocycles. The van der Waals surface area contributed by atoms with Crippen molar-refractivity contribution < 1.29 is 28.6 Å². The van der Waals surface area contributed by atoms with Crippen molar-refractivity contribution in [3.8, 4) is 0 Å². The molecule has 362 valence electrons. The van der Waals surface area contributed by atoms with Gasteiger partial charge >= 0.3 is 17.9 Å². The first-order valence-electron chi connectivity index (χ1n) is 25.9. The molecule has 0 aliphatic carbocycles. The topological polar surface area (TPSA) is 78.9 Å². The quantitative estimate of drug-likeness (QED) is 0.0262. The summed E-state index contributed by atoms with van der Waals surface area (Å²) in [5.74, 6) is -1.03. The number of rotatable bonds is 45. The number of ether oxygens (including phenoxy) is 3. The first kappa shape index (κ1) is 60.1. The molecule has 0 amide bonds. The third-order valence-corrected chi connectivity index (χ3v) is 10.5. The van der Waals surface area contributed by atoms with Gasteiger partial charge in [-0.2, -0.15) is 0 Å². The van der Waals surface area contributed by atoms with Crippen LogP contribution in [-0.4, -0.2) is 37.2 Å². The predicted octanol–water partition coefficient (Wildman–Crippen LogP) is 17.1. The summed E-state index contributed by atoms with van der Waals surface area (Å²) in [5.41, 5.74) is 0. The Hall–Kier alpha value is -3.93. The van der Waals surface area contributed by atoms with Crippen LogP contribution < -0.4 is 0 Å². The Bertz CT molecular complexity index is 1340. The van der Waals surface area contributed by atoms with E-state index in [1.165, 1.54) is 57.8 Å². The highest BCUT2D eigenvalue weighted by molar-refractivity contribution is 5.71. The van der Waals surface area contributed by atoms with Gasteiger partial charge in [0, 0.05) is 19.3 Å². The maximum Gasteiger partial charge on any atom is 0.306 e.